The van der Waals surface area contributed by atoms with Crippen LogP contribution in [0.2, 0.25) is 0 Å². The lowest BCUT2D eigenvalue weighted by molar-refractivity contribution is -0.110. The van der Waals surface area contributed by atoms with Crippen molar-refractivity contribution in [1.82, 2.24) is 10.3 Å². The standard InChI is InChI=1S/C19H19N3OS/c23-12-20-15-8-10-22(11-9-15)16-6-4-14(5-7-16)17-2-1-3-18-19(17)24-13-21-18/h1-7,12-13,15H,8-11H2,(H,20,23). The summed E-state index contributed by atoms with van der Waals surface area (Å²) < 4.78 is 1.24. The monoisotopic (exact) mass is 337 g/mol. The van der Waals surface area contributed by atoms with Crippen molar-refractivity contribution >= 4 is 33.7 Å². The minimum absolute atomic E-state index is 0.321. The van der Waals surface area contributed by atoms with Crippen LogP contribution in [0, 0.1) is 0 Å². The number of benzene rings is 2. The summed E-state index contributed by atoms with van der Waals surface area (Å²) >= 11 is 1.69. The van der Waals surface area contributed by atoms with E-state index in [0.29, 0.717) is 6.04 Å². The predicted octanol–water partition coefficient (Wildman–Crippen LogP) is 3.68. The number of carbonyl (C=O) groups excluding carboxylic acids is 1. The highest BCUT2D eigenvalue weighted by Gasteiger charge is 2.18. The molecule has 1 aromatic heterocycles. The molecule has 1 aliphatic rings. The summed E-state index contributed by atoms with van der Waals surface area (Å²) in [6.07, 6.45) is 2.82. The van der Waals surface area contributed by atoms with Crippen LogP contribution in [-0.2, 0) is 4.79 Å². The summed E-state index contributed by atoms with van der Waals surface area (Å²) in [7, 11) is 0. The number of aromatic nitrogens is 1. The molecule has 24 heavy (non-hydrogen) atoms. The molecule has 1 amide bonds. The van der Waals surface area contributed by atoms with E-state index in [-0.39, 0.29) is 0 Å². The van der Waals surface area contributed by atoms with Gasteiger partial charge in [-0.2, -0.15) is 0 Å². The molecule has 0 atom stereocenters. The fraction of sp³-hybridized carbons (Fsp3) is 0.263. The lowest BCUT2D eigenvalue weighted by Gasteiger charge is -2.33. The van der Waals surface area contributed by atoms with E-state index < -0.39 is 0 Å². The van der Waals surface area contributed by atoms with Crippen molar-refractivity contribution in [1.29, 1.82) is 0 Å². The number of hydrogen-bond acceptors (Lipinski definition) is 4. The first kappa shape index (κ1) is 15.1. The van der Waals surface area contributed by atoms with E-state index >= 15 is 0 Å². The summed E-state index contributed by atoms with van der Waals surface area (Å²) in [5.74, 6) is 0. The largest absolute Gasteiger partial charge is 0.371 e. The maximum Gasteiger partial charge on any atom is 0.207 e. The zero-order valence-electron chi connectivity index (χ0n) is 13.3. The van der Waals surface area contributed by atoms with E-state index in [1.54, 1.807) is 11.3 Å². The third kappa shape index (κ3) is 2.87. The van der Waals surface area contributed by atoms with Crippen molar-refractivity contribution in [3.05, 3.63) is 48.0 Å². The maximum absolute atomic E-state index is 10.5. The molecular formula is C19H19N3OS. The Morgan fingerprint density at radius 2 is 1.92 bits per heavy atom. The van der Waals surface area contributed by atoms with Crippen LogP contribution in [0.4, 0.5) is 5.69 Å². The lowest BCUT2D eigenvalue weighted by atomic mass is 10.0. The Labute approximate surface area is 145 Å². The number of piperidine rings is 1. The van der Waals surface area contributed by atoms with Gasteiger partial charge in [0, 0.05) is 30.4 Å². The number of fused-ring (bicyclic) bond motifs is 1. The first-order chi connectivity index (χ1) is 11.8. The Morgan fingerprint density at radius 3 is 2.67 bits per heavy atom. The lowest BCUT2D eigenvalue weighted by Crippen LogP contribution is -2.42. The Kier molecular flexibility index (Phi) is 4.17. The molecule has 5 heteroatoms. The Morgan fingerprint density at radius 1 is 1.12 bits per heavy atom. The van der Waals surface area contributed by atoms with E-state index in [1.165, 1.54) is 21.5 Å². The molecule has 2 heterocycles. The van der Waals surface area contributed by atoms with E-state index in [9.17, 15) is 4.79 Å². The quantitative estimate of drug-likeness (QED) is 0.739. The Bertz CT molecular complexity index is 835. The minimum Gasteiger partial charge on any atom is -0.371 e. The molecular weight excluding hydrogens is 318 g/mol. The first-order valence-corrected chi connectivity index (χ1v) is 9.10. The highest BCUT2D eigenvalue weighted by molar-refractivity contribution is 7.17. The second-order valence-corrected chi connectivity index (χ2v) is 6.95. The number of amides is 1. The van der Waals surface area contributed by atoms with Crippen molar-refractivity contribution in [2.45, 2.75) is 18.9 Å². The van der Waals surface area contributed by atoms with Gasteiger partial charge >= 0.3 is 0 Å². The Balaban J connectivity index is 1.53. The number of carbonyl (C=O) groups is 1. The molecule has 1 fully saturated rings. The molecule has 2 aromatic carbocycles. The van der Waals surface area contributed by atoms with Crippen molar-refractivity contribution in [2.75, 3.05) is 18.0 Å². The number of thiazole rings is 1. The fourth-order valence-corrected chi connectivity index (χ4v) is 4.19. The molecule has 122 valence electrons. The molecule has 1 saturated heterocycles. The number of anilines is 1. The van der Waals surface area contributed by atoms with E-state index in [4.69, 9.17) is 0 Å². The molecule has 0 saturated carbocycles. The van der Waals surface area contributed by atoms with Gasteiger partial charge in [0.15, 0.2) is 0 Å². The van der Waals surface area contributed by atoms with Crippen molar-refractivity contribution in [2.24, 2.45) is 0 Å². The van der Waals surface area contributed by atoms with Crippen LogP contribution in [0.1, 0.15) is 12.8 Å². The van der Waals surface area contributed by atoms with Crippen molar-refractivity contribution < 1.29 is 4.79 Å². The van der Waals surface area contributed by atoms with Gasteiger partial charge in [-0.1, -0.05) is 24.3 Å². The van der Waals surface area contributed by atoms with Gasteiger partial charge in [0.25, 0.3) is 0 Å². The minimum atomic E-state index is 0.321. The second kappa shape index (κ2) is 6.61. The third-order valence-electron chi connectivity index (χ3n) is 4.70. The summed E-state index contributed by atoms with van der Waals surface area (Å²) in [6, 6.07) is 15.4. The van der Waals surface area contributed by atoms with E-state index in [0.717, 1.165) is 37.9 Å². The molecule has 0 spiro atoms. The highest BCUT2D eigenvalue weighted by Crippen LogP contribution is 2.32. The van der Waals surface area contributed by atoms with Crippen molar-refractivity contribution in [3.63, 3.8) is 0 Å². The topological polar surface area (TPSA) is 45.2 Å². The molecule has 0 unspecified atom stereocenters. The number of rotatable bonds is 4. The summed E-state index contributed by atoms with van der Waals surface area (Å²) in [5, 5.41) is 2.89. The summed E-state index contributed by atoms with van der Waals surface area (Å²) in [5.41, 5.74) is 6.69. The van der Waals surface area contributed by atoms with E-state index in [2.05, 4.69) is 57.7 Å². The van der Waals surface area contributed by atoms with Gasteiger partial charge in [-0.05, 0) is 36.6 Å². The van der Waals surface area contributed by atoms with E-state index in [1.807, 2.05) is 5.51 Å². The van der Waals surface area contributed by atoms with Gasteiger partial charge in [-0.25, -0.2) is 4.98 Å². The zero-order chi connectivity index (χ0) is 16.4. The first-order valence-electron chi connectivity index (χ1n) is 8.22. The van der Waals surface area contributed by atoms with Gasteiger partial charge < -0.3 is 10.2 Å². The normalized spacial score (nSPS) is 15.6. The van der Waals surface area contributed by atoms with Crippen LogP contribution >= 0.6 is 11.3 Å². The highest BCUT2D eigenvalue weighted by atomic mass is 32.1. The molecule has 0 bridgehead atoms. The van der Waals surface area contributed by atoms with Gasteiger partial charge in [0.05, 0.1) is 15.7 Å². The van der Waals surface area contributed by atoms with Gasteiger partial charge in [-0.3, -0.25) is 4.79 Å². The summed E-state index contributed by atoms with van der Waals surface area (Å²) in [4.78, 5) is 17.3. The molecule has 0 radical (unpaired) electrons. The number of nitrogens with zero attached hydrogens (tertiary/aromatic N) is 2. The average molecular weight is 337 g/mol. The van der Waals surface area contributed by atoms with Crippen molar-refractivity contribution in [3.8, 4) is 11.1 Å². The molecule has 1 N–H and O–H groups in total. The van der Waals surface area contributed by atoms with Crippen LogP contribution < -0.4 is 10.2 Å². The smallest absolute Gasteiger partial charge is 0.207 e. The number of hydrogen-bond donors (Lipinski definition) is 1. The number of nitrogens with one attached hydrogen (secondary N) is 1. The molecule has 0 aliphatic carbocycles. The van der Waals surface area contributed by atoms with Crippen LogP contribution in [0.3, 0.4) is 0 Å². The van der Waals surface area contributed by atoms with Crippen LogP contribution in [0.5, 0.6) is 0 Å². The molecule has 3 aromatic rings. The van der Waals surface area contributed by atoms with Crippen LogP contribution in [0.25, 0.3) is 21.3 Å². The molecule has 4 nitrogen and oxygen atoms in total. The predicted molar refractivity (Wildman–Crippen MR) is 99.5 cm³/mol. The SMILES string of the molecule is O=CNC1CCN(c2ccc(-c3cccc4ncsc34)cc2)CC1. The molecule has 1 aliphatic heterocycles. The average Bonchev–Trinajstić information content (AvgIpc) is 3.12. The zero-order valence-corrected chi connectivity index (χ0v) is 14.1. The molecule has 4 rings (SSSR count). The maximum atomic E-state index is 10.5. The van der Waals surface area contributed by atoms with Crippen LogP contribution in [0.15, 0.2) is 48.0 Å². The Hall–Kier alpha value is -2.40. The second-order valence-electron chi connectivity index (χ2n) is 6.10. The fourth-order valence-electron chi connectivity index (χ4n) is 3.37. The van der Waals surface area contributed by atoms with Gasteiger partial charge in [0.2, 0.25) is 6.41 Å². The van der Waals surface area contributed by atoms with Gasteiger partial charge in [-0.15, -0.1) is 11.3 Å². The third-order valence-corrected chi connectivity index (χ3v) is 5.57. The summed E-state index contributed by atoms with van der Waals surface area (Å²) in [6.45, 7) is 1.96. The van der Waals surface area contributed by atoms with Gasteiger partial charge in [0.1, 0.15) is 0 Å². The van der Waals surface area contributed by atoms with Crippen LogP contribution in [-0.4, -0.2) is 30.5 Å².